The fourth-order valence-corrected chi connectivity index (χ4v) is 3.21. The highest BCUT2D eigenvalue weighted by molar-refractivity contribution is 6.02. The van der Waals surface area contributed by atoms with E-state index in [2.05, 4.69) is 15.6 Å². The summed E-state index contributed by atoms with van der Waals surface area (Å²) < 4.78 is 10.9. The Morgan fingerprint density at radius 1 is 0.969 bits per heavy atom. The predicted molar refractivity (Wildman–Crippen MR) is 120 cm³/mol. The molecule has 4 rings (SSSR count). The van der Waals surface area contributed by atoms with Crippen molar-refractivity contribution in [2.24, 2.45) is 0 Å². The normalized spacial score (nSPS) is 10.6. The number of nitrogens with one attached hydrogen (secondary N) is 2. The number of aromatic nitrogens is 1. The van der Waals surface area contributed by atoms with E-state index in [0.717, 1.165) is 16.9 Å². The maximum Gasteiger partial charge on any atom is 0.291 e. The molecule has 0 unspecified atom stereocenters. The summed E-state index contributed by atoms with van der Waals surface area (Å²) >= 11 is 0. The molecule has 0 bridgehead atoms. The topological polar surface area (TPSA) is 97.4 Å². The molecular formula is C25H23N3O4. The smallest absolute Gasteiger partial charge is 0.291 e. The molecule has 0 atom stereocenters. The van der Waals surface area contributed by atoms with E-state index in [-0.39, 0.29) is 17.6 Å². The van der Waals surface area contributed by atoms with Crippen molar-refractivity contribution in [2.75, 3.05) is 5.32 Å². The fraction of sp³-hybridized carbons (Fsp3) is 0.160. The van der Waals surface area contributed by atoms with Gasteiger partial charge in [0.25, 0.3) is 5.91 Å². The number of amides is 2. The Bertz CT molecular complexity index is 1170. The van der Waals surface area contributed by atoms with Crippen molar-refractivity contribution < 1.29 is 18.4 Å². The summed E-state index contributed by atoms with van der Waals surface area (Å²) in [6.07, 6.45) is 4.76. The molecule has 0 radical (unpaired) electrons. The van der Waals surface area contributed by atoms with E-state index in [1.807, 2.05) is 48.5 Å². The summed E-state index contributed by atoms with van der Waals surface area (Å²) in [5.41, 5.74) is 2.50. The summed E-state index contributed by atoms with van der Waals surface area (Å²) in [5, 5.41) is 5.68. The summed E-state index contributed by atoms with van der Waals surface area (Å²) in [4.78, 5) is 28.6. The number of aryl methyl sites for hydroxylation is 1. The van der Waals surface area contributed by atoms with Gasteiger partial charge in [-0.1, -0.05) is 42.5 Å². The molecule has 2 N–H and O–H groups in total. The van der Waals surface area contributed by atoms with Crippen molar-refractivity contribution in [3.05, 3.63) is 96.4 Å². The standard InChI is InChI=1S/C25H23N3O4/c29-23(12-5-13-24-27-17-22(32-24)19-8-2-1-3-9-19)26-16-18-7-4-10-20(15-18)28-25(30)21-11-6-14-31-21/h1-4,6-11,14-15,17H,5,12-13,16H2,(H,26,29)(H,28,30). The minimum absolute atomic E-state index is 0.0511. The molecule has 7 nitrogen and oxygen atoms in total. The molecule has 2 aromatic carbocycles. The monoisotopic (exact) mass is 429 g/mol. The molecular weight excluding hydrogens is 406 g/mol. The molecule has 2 aromatic heterocycles. The van der Waals surface area contributed by atoms with Crippen molar-refractivity contribution in [1.82, 2.24) is 10.3 Å². The molecule has 0 saturated carbocycles. The molecule has 0 aliphatic carbocycles. The van der Waals surface area contributed by atoms with E-state index >= 15 is 0 Å². The Balaban J connectivity index is 1.21. The largest absolute Gasteiger partial charge is 0.459 e. The lowest BCUT2D eigenvalue weighted by molar-refractivity contribution is -0.121. The highest BCUT2D eigenvalue weighted by Crippen LogP contribution is 2.20. The Labute approximate surface area is 185 Å². The van der Waals surface area contributed by atoms with Gasteiger partial charge >= 0.3 is 0 Å². The second-order valence-corrected chi connectivity index (χ2v) is 7.25. The first kappa shape index (κ1) is 21.1. The summed E-state index contributed by atoms with van der Waals surface area (Å²) in [5.74, 6) is 1.22. The van der Waals surface area contributed by atoms with E-state index < -0.39 is 0 Å². The van der Waals surface area contributed by atoms with Crippen molar-refractivity contribution >= 4 is 17.5 Å². The number of hydrogen-bond donors (Lipinski definition) is 2. The maximum absolute atomic E-state index is 12.2. The van der Waals surface area contributed by atoms with Crippen molar-refractivity contribution in [3.8, 4) is 11.3 Å². The van der Waals surface area contributed by atoms with Crippen LogP contribution < -0.4 is 10.6 Å². The number of oxazole rings is 1. The lowest BCUT2D eigenvalue weighted by Gasteiger charge is -2.08. The third kappa shape index (κ3) is 5.72. The zero-order valence-electron chi connectivity index (χ0n) is 17.4. The average Bonchev–Trinajstić information content (AvgIpc) is 3.51. The second kappa shape index (κ2) is 10.3. The predicted octanol–water partition coefficient (Wildman–Crippen LogP) is 4.83. The van der Waals surface area contributed by atoms with Crippen LogP contribution in [0.25, 0.3) is 11.3 Å². The van der Waals surface area contributed by atoms with Gasteiger partial charge in [-0.05, 0) is 36.2 Å². The molecule has 0 fully saturated rings. The summed E-state index contributed by atoms with van der Waals surface area (Å²) in [6.45, 7) is 0.375. The zero-order chi connectivity index (χ0) is 22.2. The number of carbonyl (C=O) groups excluding carboxylic acids is 2. The van der Waals surface area contributed by atoms with Crippen molar-refractivity contribution in [2.45, 2.75) is 25.8 Å². The van der Waals surface area contributed by atoms with Gasteiger partial charge in [0.1, 0.15) is 0 Å². The first-order valence-electron chi connectivity index (χ1n) is 10.4. The van der Waals surface area contributed by atoms with Gasteiger partial charge < -0.3 is 19.5 Å². The molecule has 4 aromatic rings. The average molecular weight is 429 g/mol. The number of benzene rings is 2. The molecule has 32 heavy (non-hydrogen) atoms. The molecule has 7 heteroatoms. The quantitative estimate of drug-likeness (QED) is 0.397. The number of carbonyl (C=O) groups is 2. The Morgan fingerprint density at radius 3 is 2.66 bits per heavy atom. The van der Waals surface area contributed by atoms with Gasteiger partial charge in [-0.2, -0.15) is 0 Å². The van der Waals surface area contributed by atoms with Crippen LogP contribution in [0.1, 0.15) is 34.9 Å². The highest BCUT2D eigenvalue weighted by atomic mass is 16.4. The zero-order valence-corrected chi connectivity index (χ0v) is 17.4. The van der Waals surface area contributed by atoms with E-state index in [0.29, 0.717) is 37.4 Å². The van der Waals surface area contributed by atoms with Crippen LogP contribution in [0.4, 0.5) is 5.69 Å². The summed E-state index contributed by atoms with van der Waals surface area (Å²) in [7, 11) is 0. The number of hydrogen-bond acceptors (Lipinski definition) is 5. The van der Waals surface area contributed by atoms with Crippen LogP contribution in [0.15, 0.2) is 88.0 Å². The van der Waals surface area contributed by atoms with E-state index in [1.165, 1.54) is 6.26 Å². The Kier molecular flexibility index (Phi) is 6.77. The van der Waals surface area contributed by atoms with Crippen LogP contribution in [0.5, 0.6) is 0 Å². The lowest BCUT2D eigenvalue weighted by atomic mass is 10.2. The maximum atomic E-state index is 12.2. The summed E-state index contributed by atoms with van der Waals surface area (Å²) in [6, 6.07) is 20.4. The van der Waals surface area contributed by atoms with Crippen LogP contribution in [-0.4, -0.2) is 16.8 Å². The van der Waals surface area contributed by atoms with Gasteiger partial charge in [0.2, 0.25) is 5.91 Å². The number of rotatable bonds is 9. The molecule has 0 aliphatic rings. The van der Waals surface area contributed by atoms with Crippen LogP contribution >= 0.6 is 0 Å². The Morgan fingerprint density at radius 2 is 1.84 bits per heavy atom. The molecule has 0 aliphatic heterocycles. The first-order chi connectivity index (χ1) is 15.7. The number of anilines is 1. The van der Waals surface area contributed by atoms with Gasteiger partial charge in [0.05, 0.1) is 12.5 Å². The van der Waals surface area contributed by atoms with Crippen molar-refractivity contribution in [1.29, 1.82) is 0 Å². The highest BCUT2D eigenvalue weighted by Gasteiger charge is 2.10. The van der Waals surface area contributed by atoms with Crippen LogP contribution in [-0.2, 0) is 17.8 Å². The number of nitrogens with zero attached hydrogens (tertiary/aromatic N) is 1. The number of furan rings is 1. The van der Waals surface area contributed by atoms with Crippen LogP contribution in [0.2, 0.25) is 0 Å². The van der Waals surface area contributed by atoms with Gasteiger partial charge in [-0.3, -0.25) is 9.59 Å². The molecule has 0 saturated heterocycles. The van der Waals surface area contributed by atoms with E-state index in [9.17, 15) is 9.59 Å². The first-order valence-corrected chi connectivity index (χ1v) is 10.4. The molecule has 2 heterocycles. The van der Waals surface area contributed by atoms with Gasteiger partial charge in [0.15, 0.2) is 17.4 Å². The van der Waals surface area contributed by atoms with Gasteiger partial charge in [-0.15, -0.1) is 0 Å². The van der Waals surface area contributed by atoms with Gasteiger partial charge in [-0.25, -0.2) is 4.98 Å². The van der Waals surface area contributed by atoms with Gasteiger partial charge in [0, 0.05) is 30.6 Å². The SMILES string of the molecule is O=C(CCCc1ncc(-c2ccccc2)o1)NCc1cccc(NC(=O)c2ccco2)c1. The molecule has 162 valence electrons. The lowest BCUT2D eigenvalue weighted by Crippen LogP contribution is -2.22. The third-order valence-corrected chi connectivity index (χ3v) is 4.83. The minimum atomic E-state index is -0.321. The van der Waals surface area contributed by atoms with E-state index in [4.69, 9.17) is 8.83 Å². The van der Waals surface area contributed by atoms with Crippen molar-refractivity contribution in [3.63, 3.8) is 0 Å². The molecule has 2 amide bonds. The Hall–Kier alpha value is -4.13. The van der Waals surface area contributed by atoms with Crippen LogP contribution in [0, 0.1) is 0 Å². The third-order valence-electron chi connectivity index (χ3n) is 4.83. The molecule has 0 spiro atoms. The van der Waals surface area contributed by atoms with Crippen LogP contribution in [0.3, 0.4) is 0 Å². The fourth-order valence-electron chi connectivity index (χ4n) is 3.21. The minimum Gasteiger partial charge on any atom is -0.459 e. The van der Waals surface area contributed by atoms with E-state index in [1.54, 1.807) is 24.4 Å². The second-order valence-electron chi connectivity index (χ2n) is 7.25.